The lowest BCUT2D eigenvalue weighted by molar-refractivity contribution is -0.152. The quantitative estimate of drug-likeness (QED) is 0.371. The maximum Gasteiger partial charge on any atom is 0.323 e. The summed E-state index contributed by atoms with van der Waals surface area (Å²) in [5.41, 5.74) is 6.00. The number of benzene rings is 2. The number of ether oxygens (including phenoxy) is 1. The van der Waals surface area contributed by atoms with E-state index in [4.69, 9.17) is 4.74 Å². The zero-order valence-corrected chi connectivity index (χ0v) is 19.9. The van der Waals surface area contributed by atoms with Crippen molar-refractivity contribution in [1.29, 1.82) is 0 Å². The lowest BCUT2D eigenvalue weighted by Gasteiger charge is -2.50. The molecule has 4 atom stereocenters. The Kier molecular flexibility index (Phi) is 5.88. The van der Waals surface area contributed by atoms with Crippen LogP contribution >= 0.6 is 0 Å². The number of para-hydroxylation sites is 1. The van der Waals surface area contributed by atoms with Gasteiger partial charge in [-0.3, -0.25) is 9.69 Å². The zero-order valence-electron chi connectivity index (χ0n) is 19.9. The number of piperidine rings is 1. The Labute approximate surface area is 204 Å². The van der Waals surface area contributed by atoms with Crippen molar-refractivity contribution >= 4 is 16.9 Å². The van der Waals surface area contributed by atoms with Gasteiger partial charge in [0.2, 0.25) is 0 Å². The number of H-pyrrole nitrogens is 2. The fraction of sp³-hybridized carbons (Fsp3) is 0.357. The summed E-state index contributed by atoms with van der Waals surface area (Å²) >= 11 is 0. The highest BCUT2D eigenvalue weighted by atomic mass is 16.5. The molecule has 2 aromatic heterocycles. The number of aromatic nitrogens is 3. The average molecular weight is 470 g/mol. The number of fused-ring (bicyclic) bond motifs is 5. The molecule has 180 valence electrons. The number of rotatable bonds is 6. The van der Waals surface area contributed by atoms with Crippen LogP contribution in [0.5, 0.6) is 0 Å². The number of aromatic amines is 2. The molecule has 4 heterocycles. The molecule has 7 nitrogen and oxygen atoms in total. The van der Waals surface area contributed by atoms with Crippen LogP contribution in [0.1, 0.15) is 47.4 Å². The molecule has 35 heavy (non-hydrogen) atoms. The second-order valence-corrected chi connectivity index (χ2v) is 9.64. The highest BCUT2D eigenvalue weighted by Gasteiger charge is 2.48. The van der Waals surface area contributed by atoms with Crippen LogP contribution in [0.2, 0.25) is 0 Å². The minimum Gasteiger partial charge on any atom is -0.468 e. The van der Waals surface area contributed by atoms with Gasteiger partial charge in [0, 0.05) is 60.0 Å². The molecule has 2 aromatic carbocycles. The van der Waals surface area contributed by atoms with Gasteiger partial charge in [-0.15, -0.1) is 0 Å². The molecule has 2 aliphatic heterocycles. The van der Waals surface area contributed by atoms with Crippen molar-refractivity contribution in [2.75, 3.05) is 13.7 Å². The molecule has 3 N–H and O–H groups in total. The SMILES string of the molecule is COC(=O)[C@@H]1Cc2c([nH]c3ccccc23)[C@H]2C[C@@H](NCCc3cnc[nH]3)C[C@@H](c3ccccc3)N21. The Morgan fingerprint density at radius 1 is 1.11 bits per heavy atom. The van der Waals surface area contributed by atoms with E-state index in [1.807, 2.05) is 12.3 Å². The number of hydrogen-bond donors (Lipinski definition) is 3. The highest BCUT2D eigenvalue weighted by Crippen LogP contribution is 2.48. The van der Waals surface area contributed by atoms with Gasteiger partial charge in [0.1, 0.15) is 6.04 Å². The highest BCUT2D eigenvalue weighted by molar-refractivity contribution is 5.87. The average Bonchev–Trinajstić information content (AvgIpc) is 3.56. The summed E-state index contributed by atoms with van der Waals surface area (Å²) in [6, 6.07) is 19.2. The third-order valence-electron chi connectivity index (χ3n) is 7.71. The number of nitrogens with zero attached hydrogens (tertiary/aromatic N) is 2. The van der Waals surface area contributed by atoms with Gasteiger partial charge >= 0.3 is 5.97 Å². The number of carbonyl (C=O) groups is 1. The molecule has 0 bridgehead atoms. The van der Waals surface area contributed by atoms with Crippen LogP contribution in [-0.4, -0.2) is 51.6 Å². The standard InChI is InChI=1S/C28H31N5O2/c1-35-28(34)26-15-22-21-9-5-6-10-23(21)32-27(22)25-14-20(30-12-11-19-16-29-17-31-19)13-24(33(25)26)18-7-3-2-4-8-18/h2-10,16-17,20,24-26,30,32H,11-15H2,1H3,(H,29,31)/t20-,24-,25+,26-/m0/s1. The van der Waals surface area contributed by atoms with E-state index in [-0.39, 0.29) is 24.1 Å². The number of imidazole rings is 1. The Morgan fingerprint density at radius 3 is 2.71 bits per heavy atom. The molecule has 0 amide bonds. The van der Waals surface area contributed by atoms with Crippen LogP contribution in [0.4, 0.5) is 0 Å². The maximum atomic E-state index is 13.2. The van der Waals surface area contributed by atoms with E-state index in [9.17, 15) is 4.79 Å². The third kappa shape index (κ3) is 4.05. The minimum atomic E-state index is -0.312. The second kappa shape index (κ2) is 9.32. The van der Waals surface area contributed by atoms with Gasteiger partial charge in [0.15, 0.2) is 0 Å². The number of carbonyl (C=O) groups excluding carboxylic acids is 1. The van der Waals surface area contributed by atoms with E-state index >= 15 is 0 Å². The van der Waals surface area contributed by atoms with Gasteiger partial charge in [-0.05, 0) is 30.0 Å². The molecule has 0 spiro atoms. The van der Waals surface area contributed by atoms with Crippen molar-refractivity contribution in [3.05, 3.63) is 89.6 Å². The Bertz CT molecular complexity index is 1300. The first-order chi connectivity index (χ1) is 17.2. The maximum absolute atomic E-state index is 13.2. The van der Waals surface area contributed by atoms with E-state index in [1.54, 1.807) is 6.33 Å². The molecule has 0 aliphatic carbocycles. The number of nitrogens with one attached hydrogen (secondary N) is 3. The summed E-state index contributed by atoms with van der Waals surface area (Å²) in [5.74, 6) is -0.155. The van der Waals surface area contributed by atoms with Crippen molar-refractivity contribution in [1.82, 2.24) is 25.2 Å². The lowest BCUT2D eigenvalue weighted by Crippen LogP contribution is -2.55. The minimum absolute atomic E-state index is 0.0962. The van der Waals surface area contributed by atoms with Gasteiger partial charge in [0.05, 0.1) is 19.5 Å². The van der Waals surface area contributed by atoms with Crippen LogP contribution in [0.15, 0.2) is 67.1 Å². The van der Waals surface area contributed by atoms with Gasteiger partial charge in [-0.1, -0.05) is 48.5 Å². The molecule has 1 fully saturated rings. The number of esters is 1. The first kappa shape index (κ1) is 22.1. The van der Waals surface area contributed by atoms with Crippen molar-refractivity contribution in [3.8, 4) is 0 Å². The molecule has 0 radical (unpaired) electrons. The van der Waals surface area contributed by atoms with Crippen LogP contribution < -0.4 is 5.32 Å². The summed E-state index contributed by atoms with van der Waals surface area (Å²) in [5, 5.41) is 5.02. The normalized spacial score (nSPS) is 24.1. The smallest absolute Gasteiger partial charge is 0.323 e. The Hall–Kier alpha value is -3.42. The summed E-state index contributed by atoms with van der Waals surface area (Å²) in [6.07, 6.45) is 7.04. The fourth-order valence-corrected chi connectivity index (χ4v) is 6.14. The summed E-state index contributed by atoms with van der Waals surface area (Å²) in [7, 11) is 1.50. The van der Waals surface area contributed by atoms with Crippen LogP contribution in [-0.2, 0) is 22.4 Å². The fourth-order valence-electron chi connectivity index (χ4n) is 6.14. The Morgan fingerprint density at radius 2 is 1.91 bits per heavy atom. The van der Waals surface area contributed by atoms with E-state index in [0.717, 1.165) is 37.0 Å². The lowest BCUT2D eigenvalue weighted by atomic mass is 9.79. The molecular weight excluding hydrogens is 438 g/mol. The molecule has 4 aromatic rings. The molecule has 2 aliphatic rings. The first-order valence-electron chi connectivity index (χ1n) is 12.4. The van der Waals surface area contributed by atoms with E-state index in [1.165, 1.54) is 29.3 Å². The van der Waals surface area contributed by atoms with Gasteiger partial charge in [-0.2, -0.15) is 0 Å². The van der Waals surface area contributed by atoms with Crippen molar-refractivity contribution in [2.24, 2.45) is 0 Å². The zero-order chi connectivity index (χ0) is 23.8. The summed E-state index contributed by atoms with van der Waals surface area (Å²) in [6.45, 7) is 0.876. The molecule has 7 heteroatoms. The van der Waals surface area contributed by atoms with Gasteiger partial charge in [-0.25, -0.2) is 4.98 Å². The van der Waals surface area contributed by atoms with Crippen molar-refractivity contribution in [2.45, 2.75) is 49.9 Å². The van der Waals surface area contributed by atoms with E-state index < -0.39 is 0 Å². The molecule has 0 saturated carbocycles. The summed E-state index contributed by atoms with van der Waals surface area (Å²) in [4.78, 5) is 26.6. The molecular formula is C28H31N5O2. The largest absolute Gasteiger partial charge is 0.468 e. The van der Waals surface area contributed by atoms with E-state index in [0.29, 0.717) is 12.5 Å². The van der Waals surface area contributed by atoms with Crippen LogP contribution in [0, 0.1) is 0 Å². The van der Waals surface area contributed by atoms with Crippen LogP contribution in [0.3, 0.4) is 0 Å². The monoisotopic (exact) mass is 469 g/mol. The molecule has 0 unspecified atom stereocenters. The predicted octanol–water partition coefficient (Wildman–Crippen LogP) is 4.07. The van der Waals surface area contributed by atoms with Gasteiger partial charge in [0.25, 0.3) is 0 Å². The number of methoxy groups -OCH3 is 1. The Balaban J connectivity index is 1.39. The van der Waals surface area contributed by atoms with Crippen LogP contribution in [0.25, 0.3) is 10.9 Å². The van der Waals surface area contributed by atoms with Gasteiger partial charge < -0.3 is 20.0 Å². The predicted molar refractivity (Wildman–Crippen MR) is 135 cm³/mol. The molecule has 6 rings (SSSR count). The van der Waals surface area contributed by atoms with Crippen molar-refractivity contribution < 1.29 is 9.53 Å². The number of hydrogen-bond acceptors (Lipinski definition) is 5. The molecule has 1 saturated heterocycles. The first-order valence-corrected chi connectivity index (χ1v) is 12.4. The second-order valence-electron chi connectivity index (χ2n) is 9.64. The third-order valence-corrected chi connectivity index (χ3v) is 7.71. The van der Waals surface area contributed by atoms with Crippen molar-refractivity contribution in [3.63, 3.8) is 0 Å². The van der Waals surface area contributed by atoms with E-state index in [2.05, 4.69) is 73.7 Å². The summed E-state index contributed by atoms with van der Waals surface area (Å²) < 4.78 is 5.34. The topological polar surface area (TPSA) is 86.0 Å².